The van der Waals surface area contributed by atoms with E-state index in [0.29, 0.717) is 12.0 Å². The van der Waals surface area contributed by atoms with Crippen LogP contribution >= 0.6 is 23.1 Å². The highest BCUT2D eigenvalue weighted by Crippen LogP contribution is 2.40. The van der Waals surface area contributed by atoms with Crippen molar-refractivity contribution in [3.05, 3.63) is 35.0 Å². The van der Waals surface area contributed by atoms with Crippen LogP contribution in [0.4, 0.5) is 5.13 Å². The molecule has 0 spiro atoms. The van der Waals surface area contributed by atoms with Crippen molar-refractivity contribution < 1.29 is 39.0 Å². The Bertz CT molecular complexity index is 1070. The summed E-state index contributed by atoms with van der Waals surface area (Å²) in [4.78, 5) is 68.0. The van der Waals surface area contributed by atoms with E-state index in [1.54, 1.807) is 0 Å². The van der Waals surface area contributed by atoms with Gasteiger partial charge in [-0.15, -0.1) is 23.1 Å². The molecule has 3 rings (SSSR count). The number of fused-ring (bicyclic) bond motifs is 1. The molecule has 2 atom stereocenters. The fraction of sp³-hybridized carbons (Fsp3) is 0.235. The van der Waals surface area contributed by atoms with Crippen LogP contribution < -0.4 is 10.6 Å². The molecule has 1 aromatic rings. The topological polar surface area (TPSA) is 188 Å². The lowest BCUT2D eigenvalue weighted by Crippen LogP contribution is -2.71. The second-order valence-corrected chi connectivity index (χ2v) is 8.11. The van der Waals surface area contributed by atoms with E-state index < -0.39 is 47.5 Å². The third-order valence-electron chi connectivity index (χ3n) is 4.22. The first-order valence-corrected chi connectivity index (χ1v) is 10.6. The molecule has 0 aromatic carbocycles. The van der Waals surface area contributed by atoms with Gasteiger partial charge in [0, 0.05) is 11.1 Å². The van der Waals surface area contributed by atoms with Crippen molar-refractivity contribution in [2.24, 2.45) is 5.16 Å². The quantitative estimate of drug-likeness (QED) is 0.146. The first-order valence-electron chi connectivity index (χ1n) is 8.70. The smallest absolute Gasteiger partial charge is 0.352 e. The molecule has 2 aliphatic heterocycles. The highest BCUT2D eigenvalue weighted by molar-refractivity contribution is 8.00. The molecular formula is C17H15N5O8S2. The van der Waals surface area contributed by atoms with Crippen LogP contribution in [0, 0.1) is 0 Å². The van der Waals surface area contributed by atoms with Crippen LogP contribution in [-0.4, -0.2) is 79.7 Å². The third-order valence-corrected chi connectivity index (χ3v) is 6.30. The number of anilines is 1. The minimum absolute atomic E-state index is 0.0257. The maximum absolute atomic E-state index is 12.8. The molecule has 3 heterocycles. The number of hydrogen-bond donors (Lipinski definition) is 4. The second-order valence-electron chi connectivity index (χ2n) is 6.15. The lowest BCUT2D eigenvalue weighted by atomic mass is 10.0. The number of allylic oxidation sites excluding steroid dienone is 1. The van der Waals surface area contributed by atoms with Gasteiger partial charge in [-0.05, 0) is 5.57 Å². The molecule has 1 unspecified atom stereocenters. The van der Waals surface area contributed by atoms with E-state index >= 15 is 0 Å². The molecule has 0 saturated carbocycles. The van der Waals surface area contributed by atoms with E-state index in [9.17, 15) is 29.1 Å². The number of aliphatic carboxylic acids is 2. The van der Waals surface area contributed by atoms with Crippen LogP contribution in [-0.2, 0) is 28.8 Å². The van der Waals surface area contributed by atoms with Gasteiger partial charge in [-0.3, -0.25) is 19.3 Å². The van der Waals surface area contributed by atoms with Gasteiger partial charge in [0.15, 0.2) is 10.8 Å². The van der Waals surface area contributed by atoms with Crippen molar-refractivity contribution in [2.45, 2.75) is 11.4 Å². The number of carbonyl (C=O) groups excluding carboxylic acids is 3. The van der Waals surface area contributed by atoms with Crippen LogP contribution in [0.15, 0.2) is 34.5 Å². The van der Waals surface area contributed by atoms with Crippen LogP contribution in [0.25, 0.3) is 0 Å². The van der Waals surface area contributed by atoms with Crippen molar-refractivity contribution in [1.82, 2.24) is 15.2 Å². The Hall–Kier alpha value is -3.72. The highest BCUT2D eigenvalue weighted by Gasteiger charge is 2.54. The van der Waals surface area contributed by atoms with Crippen LogP contribution in [0.1, 0.15) is 5.69 Å². The number of carbonyl (C=O) groups is 5. The number of carboxylic acids is 2. The Labute approximate surface area is 187 Å². The molecule has 1 aromatic heterocycles. The number of nitrogens with zero attached hydrogens (tertiary/aromatic N) is 3. The summed E-state index contributed by atoms with van der Waals surface area (Å²) in [7, 11) is 0. The number of nitrogens with one attached hydrogen (secondary N) is 2. The van der Waals surface area contributed by atoms with Crippen molar-refractivity contribution in [3.8, 4) is 0 Å². The summed E-state index contributed by atoms with van der Waals surface area (Å²) in [6.07, 6.45) is 1.75. The van der Waals surface area contributed by atoms with Crippen molar-refractivity contribution in [2.75, 3.05) is 17.7 Å². The standard InChI is InChI=1S/C17H15N5O8S2/c1-2-7-4-31-15-11(14(27)22(15)12(7)16(28)29)20-13(26)10(21-30-3-9(24)25)8-5-32-17(19-8)18-6-23/h2,5-6,11,15H,1,3-4H2,(H,20,26)(H,24,25)(H,28,29)(H,18,19,23)/b21-10-/t11?,15-/m1/s1. The monoisotopic (exact) mass is 481 g/mol. The van der Waals surface area contributed by atoms with E-state index in [1.165, 1.54) is 23.2 Å². The molecule has 0 radical (unpaired) electrons. The fourth-order valence-electron chi connectivity index (χ4n) is 2.86. The van der Waals surface area contributed by atoms with E-state index in [0.717, 1.165) is 16.2 Å². The van der Waals surface area contributed by atoms with Gasteiger partial charge in [0.1, 0.15) is 22.8 Å². The first kappa shape index (κ1) is 23.0. The number of hydrogen-bond acceptors (Lipinski definition) is 10. The zero-order valence-corrected chi connectivity index (χ0v) is 17.6. The molecule has 1 fully saturated rings. The zero-order chi connectivity index (χ0) is 23.4. The Morgan fingerprint density at radius 1 is 1.41 bits per heavy atom. The van der Waals surface area contributed by atoms with E-state index in [1.807, 2.05) is 0 Å². The average molecular weight is 481 g/mol. The van der Waals surface area contributed by atoms with Gasteiger partial charge in [-0.2, -0.15) is 0 Å². The predicted octanol–water partition coefficient (Wildman–Crippen LogP) is -0.559. The number of carboxylic acid groups (broad SMARTS) is 2. The summed E-state index contributed by atoms with van der Waals surface area (Å²) < 4.78 is 0. The number of β-lactam (4-membered cyclic amide) rings is 1. The zero-order valence-electron chi connectivity index (χ0n) is 16.0. The Balaban J connectivity index is 1.81. The molecular weight excluding hydrogens is 466 g/mol. The van der Waals surface area contributed by atoms with Gasteiger partial charge < -0.3 is 25.7 Å². The molecule has 0 aliphatic carbocycles. The van der Waals surface area contributed by atoms with E-state index in [4.69, 9.17) is 5.11 Å². The maximum Gasteiger partial charge on any atom is 0.352 e. The number of oxime groups is 1. The van der Waals surface area contributed by atoms with Gasteiger partial charge in [-0.25, -0.2) is 14.6 Å². The second kappa shape index (κ2) is 9.61. The first-order chi connectivity index (χ1) is 15.3. The Kier molecular flexibility index (Phi) is 6.89. The molecule has 168 valence electrons. The average Bonchev–Trinajstić information content (AvgIpc) is 3.21. The van der Waals surface area contributed by atoms with Gasteiger partial charge in [0.05, 0.1) is 0 Å². The number of thiazole rings is 1. The molecule has 32 heavy (non-hydrogen) atoms. The normalized spacial score (nSPS) is 20.1. The lowest BCUT2D eigenvalue weighted by Gasteiger charge is -2.49. The minimum Gasteiger partial charge on any atom is -0.479 e. The highest BCUT2D eigenvalue weighted by atomic mass is 32.2. The molecule has 4 N–H and O–H groups in total. The van der Waals surface area contributed by atoms with Gasteiger partial charge >= 0.3 is 11.9 Å². The predicted molar refractivity (Wildman–Crippen MR) is 112 cm³/mol. The molecule has 3 amide bonds. The van der Waals surface area contributed by atoms with Crippen LogP contribution in [0.5, 0.6) is 0 Å². The summed E-state index contributed by atoms with van der Waals surface area (Å²) in [5, 5.41) is 27.3. The summed E-state index contributed by atoms with van der Waals surface area (Å²) in [5.74, 6) is -3.87. The Morgan fingerprint density at radius 2 is 2.16 bits per heavy atom. The molecule has 13 nitrogen and oxygen atoms in total. The van der Waals surface area contributed by atoms with Gasteiger partial charge in [0.2, 0.25) is 13.0 Å². The summed E-state index contributed by atoms with van der Waals surface area (Å²) >= 11 is 2.22. The number of amides is 3. The molecule has 2 aliphatic rings. The van der Waals surface area contributed by atoms with Crippen LogP contribution in [0.2, 0.25) is 0 Å². The van der Waals surface area contributed by atoms with Crippen molar-refractivity contribution in [1.29, 1.82) is 0 Å². The number of thioether (sulfide) groups is 1. The summed E-state index contributed by atoms with van der Waals surface area (Å²) in [6.45, 7) is 2.73. The van der Waals surface area contributed by atoms with Gasteiger partial charge in [-0.1, -0.05) is 17.8 Å². The van der Waals surface area contributed by atoms with Crippen LogP contribution in [0.3, 0.4) is 0 Å². The fourth-order valence-corrected chi connectivity index (χ4v) is 4.86. The third kappa shape index (κ3) is 4.47. The molecule has 15 heteroatoms. The number of aromatic nitrogens is 1. The lowest BCUT2D eigenvalue weighted by molar-refractivity contribution is -0.150. The van der Waals surface area contributed by atoms with E-state index in [-0.39, 0.29) is 22.3 Å². The number of rotatable bonds is 10. The van der Waals surface area contributed by atoms with Gasteiger partial charge in [0.25, 0.3) is 11.8 Å². The summed E-state index contributed by atoms with van der Waals surface area (Å²) in [6, 6.07) is -1.05. The summed E-state index contributed by atoms with van der Waals surface area (Å²) in [5.41, 5.74) is -0.252. The van der Waals surface area contributed by atoms with Crippen molar-refractivity contribution in [3.63, 3.8) is 0 Å². The maximum atomic E-state index is 12.8. The molecule has 0 bridgehead atoms. The SMILES string of the molecule is C=CC1=C(C(=O)O)N2C(=O)C(NC(=O)/C(=N\OCC(=O)O)c3csc(NC=O)n3)[C@H]2SC1. The minimum atomic E-state index is -1.33. The largest absolute Gasteiger partial charge is 0.479 e. The molecule has 1 saturated heterocycles. The van der Waals surface area contributed by atoms with Crippen molar-refractivity contribution >= 4 is 64.1 Å². The Morgan fingerprint density at radius 3 is 2.78 bits per heavy atom. The van der Waals surface area contributed by atoms with E-state index in [2.05, 4.69) is 32.2 Å².